The quantitative estimate of drug-likeness (QED) is 0.386. The van der Waals surface area contributed by atoms with E-state index in [1.165, 1.54) is 23.7 Å². The predicted octanol–water partition coefficient (Wildman–Crippen LogP) is 4.59. The molecule has 4 aromatic rings. The van der Waals surface area contributed by atoms with Crippen molar-refractivity contribution in [1.29, 1.82) is 0 Å². The van der Waals surface area contributed by atoms with Crippen molar-refractivity contribution in [2.24, 2.45) is 0 Å². The molecule has 168 valence electrons. The van der Waals surface area contributed by atoms with E-state index in [0.29, 0.717) is 38.5 Å². The fourth-order valence-corrected chi connectivity index (χ4v) is 4.28. The molecule has 0 aliphatic rings. The second kappa shape index (κ2) is 9.66. The van der Waals surface area contributed by atoms with Gasteiger partial charge < -0.3 is 20.5 Å². The fourth-order valence-electron chi connectivity index (χ4n) is 3.22. The number of nitrogens with one attached hydrogen (secondary N) is 1. The molecule has 8 nitrogen and oxygen atoms in total. The van der Waals surface area contributed by atoms with Crippen LogP contribution in [0.4, 0.5) is 11.5 Å². The largest absolute Gasteiger partial charge is 0.489 e. The molecular formula is C24H22N4O4S. The first kappa shape index (κ1) is 22.2. The summed E-state index contributed by atoms with van der Waals surface area (Å²) in [5.41, 5.74) is 9.19. The number of carbonyl (C=O) groups is 2. The third-order valence-corrected chi connectivity index (χ3v) is 5.92. The molecule has 3 aromatic heterocycles. The normalized spacial score (nSPS) is 10.7. The van der Waals surface area contributed by atoms with Crippen molar-refractivity contribution >= 4 is 44.8 Å². The molecule has 9 heteroatoms. The van der Waals surface area contributed by atoms with Gasteiger partial charge in [0.05, 0.1) is 22.4 Å². The van der Waals surface area contributed by atoms with Gasteiger partial charge in [-0.2, -0.15) is 0 Å². The number of thiophene rings is 1. The maximum Gasteiger partial charge on any atom is 0.341 e. The minimum atomic E-state index is -0.434. The molecule has 0 aliphatic carbocycles. The summed E-state index contributed by atoms with van der Waals surface area (Å²) in [4.78, 5) is 33.0. The molecule has 3 heterocycles. The highest BCUT2D eigenvalue weighted by Gasteiger charge is 2.18. The van der Waals surface area contributed by atoms with Gasteiger partial charge in [-0.15, -0.1) is 11.3 Å². The van der Waals surface area contributed by atoms with Crippen LogP contribution in [0.2, 0.25) is 0 Å². The number of anilines is 2. The Hall–Kier alpha value is -3.98. The zero-order chi connectivity index (χ0) is 23.4. The van der Waals surface area contributed by atoms with E-state index >= 15 is 0 Å². The molecule has 0 aliphatic heterocycles. The molecule has 0 saturated carbocycles. The number of nitrogens with two attached hydrogens (primary N) is 1. The maximum absolute atomic E-state index is 12.4. The standard InChI is InChI=1S/C24H22N4O4S/c1-3-31-24(30)19-11-27-22(25)20-16(13-33-21(19)20)12-32-18-6-4-5-17(9-18)28-23(29)15-8-7-14(2)26-10-15/h4-11,13H,3,12H2,1-2H3,(H2,25,27)(H,28,29). The molecule has 1 aromatic carbocycles. The zero-order valence-electron chi connectivity index (χ0n) is 18.1. The summed E-state index contributed by atoms with van der Waals surface area (Å²) in [6.07, 6.45) is 2.97. The van der Waals surface area contributed by atoms with Gasteiger partial charge in [0.1, 0.15) is 18.2 Å². The van der Waals surface area contributed by atoms with Crippen LogP contribution in [0, 0.1) is 6.92 Å². The first-order valence-corrected chi connectivity index (χ1v) is 11.1. The Kier molecular flexibility index (Phi) is 6.50. The van der Waals surface area contributed by atoms with Crippen LogP contribution in [-0.2, 0) is 11.3 Å². The van der Waals surface area contributed by atoms with E-state index in [-0.39, 0.29) is 19.1 Å². The van der Waals surface area contributed by atoms with Crippen LogP contribution in [0.5, 0.6) is 5.75 Å². The molecule has 3 N–H and O–H groups in total. The third kappa shape index (κ3) is 4.93. The van der Waals surface area contributed by atoms with Crippen molar-refractivity contribution in [2.45, 2.75) is 20.5 Å². The lowest BCUT2D eigenvalue weighted by Crippen LogP contribution is -2.12. The van der Waals surface area contributed by atoms with E-state index in [9.17, 15) is 9.59 Å². The van der Waals surface area contributed by atoms with Crippen LogP contribution in [0.15, 0.2) is 54.2 Å². The summed E-state index contributed by atoms with van der Waals surface area (Å²) < 4.78 is 11.8. The van der Waals surface area contributed by atoms with Gasteiger partial charge >= 0.3 is 5.97 Å². The van der Waals surface area contributed by atoms with Crippen molar-refractivity contribution in [2.75, 3.05) is 17.7 Å². The SMILES string of the molecule is CCOC(=O)c1cnc(N)c2c(COc3cccc(NC(=O)c4ccc(C)nc4)c3)csc12. The van der Waals surface area contributed by atoms with Crippen LogP contribution >= 0.6 is 11.3 Å². The summed E-state index contributed by atoms with van der Waals surface area (Å²) in [5, 5.41) is 5.42. The first-order valence-electron chi connectivity index (χ1n) is 10.2. The molecule has 33 heavy (non-hydrogen) atoms. The van der Waals surface area contributed by atoms with E-state index < -0.39 is 5.97 Å². The monoisotopic (exact) mass is 462 g/mol. The number of amides is 1. The van der Waals surface area contributed by atoms with Gasteiger partial charge in [0, 0.05) is 40.8 Å². The predicted molar refractivity (Wildman–Crippen MR) is 128 cm³/mol. The van der Waals surface area contributed by atoms with Crippen LogP contribution < -0.4 is 15.8 Å². The zero-order valence-corrected chi connectivity index (χ0v) is 18.9. The van der Waals surface area contributed by atoms with E-state index in [1.807, 2.05) is 12.3 Å². The molecular weight excluding hydrogens is 440 g/mol. The van der Waals surface area contributed by atoms with E-state index in [2.05, 4.69) is 15.3 Å². The number of aromatic nitrogens is 2. The molecule has 0 radical (unpaired) electrons. The lowest BCUT2D eigenvalue weighted by Gasteiger charge is -2.10. The molecule has 4 rings (SSSR count). The average molecular weight is 463 g/mol. The number of aryl methyl sites for hydroxylation is 1. The summed E-state index contributed by atoms with van der Waals surface area (Å²) >= 11 is 1.39. The lowest BCUT2D eigenvalue weighted by atomic mass is 10.1. The Labute approximate surface area is 194 Å². The van der Waals surface area contributed by atoms with Crippen LogP contribution in [0.1, 0.15) is 38.9 Å². The highest BCUT2D eigenvalue weighted by molar-refractivity contribution is 7.17. The van der Waals surface area contributed by atoms with Gasteiger partial charge in [0.2, 0.25) is 0 Å². The number of ether oxygens (including phenoxy) is 2. The molecule has 0 saturated heterocycles. The average Bonchev–Trinajstić information content (AvgIpc) is 3.23. The summed E-state index contributed by atoms with van der Waals surface area (Å²) in [7, 11) is 0. The Balaban J connectivity index is 1.49. The number of hydrogen-bond acceptors (Lipinski definition) is 8. The van der Waals surface area contributed by atoms with Crippen molar-refractivity contribution in [3.05, 3.63) is 76.6 Å². The smallest absolute Gasteiger partial charge is 0.341 e. The maximum atomic E-state index is 12.4. The number of hydrogen-bond donors (Lipinski definition) is 2. The topological polar surface area (TPSA) is 116 Å². The molecule has 0 bridgehead atoms. The van der Waals surface area contributed by atoms with Crippen molar-refractivity contribution in [3.8, 4) is 5.75 Å². The number of nitrogen functional groups attached to an aromatic ring is 1. The van der Waals surface area contributed by atoms with E-state index in [0.717, 1.165) is 11.3 Å². The summed E-state index contributed by atoms with van der Waals surface area (Å²) in [6, 6.07) is 10.6. The van der Waals surface area contributed by atoms with Crippen molar-refractivity contribution < 1.29 is 19.1 Å². The lowest BCUT2D eigenvalue weighted by molar-refractivity contribution is 0.0528. The number of carbonyl (C=O) groups excluding carboxylic acids is 2. The molecule has 0 fully saturated rings. The number of pyridine rings is 2. The fraction of sp³-hybridized carbons (Fsp3) is 0.167. The third-order valence-electron chi connectivity index (χ3n) is 4.86. The van der Waals surface area contributed by atoms with Gasteiger partial charge in [0.15, 0.2) is 0 Å². The van der Waals surface area contributed by atoms with Gasteiger partial charge in [-0.3, -0.25) is 9.78 Å². The first-order chi connectivity index (χ1) is 16.0. The highest BCUT2D eigenvalue weighted by Crippen LogP contribution is 2.33. The van der Waals surface area contributed by atoms with Crippen LogP contribution in [0.25, 0.3) is 10.1 Å². The number of fused-ring (bicyclic) bond motifs is 1. The number of rotatable bonds is 7. The van der Waals surface area contributed by atoms with E-state index in [1.54, 1.807) is 43.3 Å². The van der Waals surface area contributed by atoms with Crippen molar-refractivity contribution in [1.82, 2.24) is 9.97 Å². The molecule has 0 atom stereocenters. The number of nitrogens with zero attached hydrogens (tertiary/aromatic N) is 2. The summed E-state index contributed by atoms with van der Waals surface area (Å²) in [5.74, 6) is 0.207. The Morgan fingerprint density at radius 3 is 2.76 bits per heavy atom. The van der Waals surface area contributed by atoms with Gasteiger partial charge in [0.25, 0.3) is 5.91 Å². The molecule has 0 unspecified atom stereocenters. The van der Waals surface area contributed by atoms with Gasteiger partial charge in [-0.25, -0.2) is 9.78 Å². The Morgan fingerprint density at radius 1 is 1.15 bits per heavy atom. The number of benzene rings is 1. The molecule has 0 spiro atoms. The van der Waals surface area contributed by atoms with Gasteiger partial charge in [-0.1, -0.05) is 6.07 Å². The summed E-state index contributed by atoms with van der Waals surface area (Å²) in [6.45, 7) is 4.11. The minimum absolute atomic E-state index is 0.220. The second-order valence-electron chi connectivity index (χ2n) is 7.20. The van der Waals surface area contributed by atoms with Gasteiger partial charge in [-0.05, 0) is 43.5 Å². The highest BCUT2D eigenvalue weighted by atomic mass is 32.1. The number of esters is 1. The Bertz CT molecular complexity index is 1320. The molecule has 1 amide bonds. The van der Waals surface area contributed by atoms with Crippen LogP contribution in [-0.4, -0.2) is 28.5 Å². The second-order valence-corrected chi connectivity index (χ2v) is 8.08. The van der Waals surface area contributed by atoms with E-state index in [4.69, 9.17) is 15.2 Å². The van der Waals surface area contributed by atoms with Crippen LogP contribution in [0.3, 0.4) is 0 Å². The van der Waals surface area contributed by atoms with Crippen molar-refractivity contribution in [3.63, 3.8) is 0 Å². The minimum Gasteiger partial charge on any atom is -0.489 e. The Morgan fingerprint density at radius 2 is 2.00 bits per heavy atom.